The fraction of sp³-hybridized carbons (Fsp3) is 0.100. The lowest BCUT2D eigenvalue weighted by Crippen LogP contribution is -2.02. The minimum atomic E-state index is 0.697. The number of aromatic nitrogens is 1. The van der Waals surface area contributed by atoms with E-state index in [4.69, 9.17) is 9.68 Å². The first-order valence-corrected chi connectivity index (χ1v) is 7.95. The lowest BCUT2D eigenvalue weighted by atomic mass is 10.3. The zero-order valence-corrected chi connectivity index (χ0v) is 14.1. The Morgan fingerprint density at radius 1 is 0.640 bits per heavy atom. The molecular weight excluding hydrogens is 314 g/mol. The fourth-order valence-electron chi connectivity index (χ4n) is 2.12. The van der Waals surface area contributed by atoms with Crippen LogP contribution >= 0.6 is 0 Å². The third-order valence-corrected chi connectivity index (χ3v) is 3.53. The summed E-state index contributed by atoms with van der Waals surface area (Å²) in [6, 6.07) is 22.8. The van der Waals surface area contributed by atoms with Crippen LogP contribution in [0.1, 0.15) is 25.2 Å². The average Bonchev–Trinajstić information content (AvgIpc) is 3.16. The maximum atomic E-state index is 5.41. The minimum Gasteiger partial charge on any atom is -0.357 e. The summed E-state index contributed by atoms with van der Waals surface area (Å²) < 4.78 is 0. The van der Waals surface area contributed by atoms with E-state index in [9.17, 15) is 0 Å². The molecule has 3 rings (SSSR count). The lowest BCUT2D eigenvalue weighted by molar-refractivity contribution is 0.341. The minimum absolute atomic E-state index is 0.697. The van der Waals surface area contributed by atoms with Gasteiger partial charge in [0, 0.05) is 0 Å². The van der Waals surface area contributed by atoms with Crippen LogP contribution in [0.25, 0.3) is 0 Å². The molecule has 1 aromatic heterocycles. The molecule has 1 N–H and O–H groups in total. The van der Waals surface area contributed by atoms with Crippen molar-refractivity contribution in [3.8, 4) is 11.5 Å². The van der Waals surface area contributed by atoms with Crippen molar-refractivity contribution in [2.45, 2.75) is 13.8 Å². The highest BCUT2D eigenvalue weighted by molar-refractivity contribution is 6.01. The van der Waals surface area contributed by atoms with Gasteiger partial charge in [-0.05, 0) is 50.2 Å². The van der Waals surface area contributed by atoms with Gasteiger partial charge in [-0.25, -0.2) is 0 Å². The number of rotatable bonds is 6. The van der Waals surface area contributed by atoms with E-state index in [-0.39, 0.29) is 0 Å². The quantitative estimate of drug-likeness (QED) is 0.528. The molecule has 25 heavy (non-hydrogen) atoms. The fourth-order valence-corrected chi connectivity index (χ4v) is 2.12. The molecule has 0 saturated carbocycles. The van der Waals surface area contributed by atoms with Crippen LogP contribution in [-0.4, -0.2) is 16.4 Å². The Morgan fingerprint density at radius 3 is 1.44 bits per heavy atom. The largest absolute Gasteiger partial charge is 0.357 e. The Morgan fingerprint density at radius 2 is 1.04 bits per heavy atom. The average molecular weight is 333 g/mol. The summed E-state index contributed by atoms with van der Waals surface area (Å²) in [6.45, 7) is 3.76. The molecule has 0 aliphatic carbocycles. The van der Waals surface area contributed by atoms with Crippen LogP contribution in [0.4, 0.5) is 0 Å². The van der Waals surface area contributed by atoms with Gasteiger partial charge >= 0.3 is 0 Å². The van der Waals surface area contributed by atoms with Crippen LogP contribution in [0, 0.1) is 0 Å². The van der Waals surface area contributed by atoms with E-state index in [1.165, 1.54) is 0 Å². The van der Waals surface area contributed by atoms with Crippen molar-refractivity contribution in [1.29, 1.82) is 0 Å². The molecule has 2 aromatic carbocycles. The monoisotopic (exact) mass is 333 g/mol. The molecule has 0 aliphatic rings. The Balaban J connectivity index is 1.66. The summed E-state index contributed by atoms with van der Waals surface area (Å²) in [5.41, 5.74) is 3.21. The van der Waals surface area contributed by atoms with Gasteiger partial charge in [-0.1, -0.05) is 46.7 Å². The number of aromatic amines is 1. The highest BCUT2D eigenvalue weighted by atomic mass is 16.6. The first kappa shape index (κ1) is 16.5. The van der Waals surface area contributed by atoms with E-state index >= 15 is 0 Å². The SMILES string of the molecule is CC(=NOc1ccccc1)c1ccc(C(C)=NOc2ccccc2)[nH]1. The molecule has 0 atom stereocenters. The van der Waals surface area contributed by atoms with Crippen LogP contribution < -0.4 is 9.68 Å². The number of benzene rings is 2. The first-order chi connectivity index (χ1) is 12.2. The van der Waals surface area contributed by atoms with Gasteiger partial charge in [-0.2, -0.15) is 0 Å². The molecule has 0 saturated heterocycles. The van der Waals surface area contributed by atoms with Gasteiger partial charge < -0.3 is 14.7 Å². The van der Waals surface area contributed by atoms with E-state index in [0.717, 1.165) is 22.8 Å². The van der Waals surface area contributed by atoms with Crippen molar-refractivity contribution in [2.75, 3.05) is 0 Å². The predicted octanol–water partition coefficient (Wildman–Crippen LogP) is 4.62. The molecule has 0 amide bonds. The molecule has 0 spiro atoms. The van der Waals surface area contributed by atoms with Crippen molar-refractivity contribution < 1.29 is 9.68 Å². The number of H-pyrrole nitrogens is 1. The van der Waals surface area contributed by atoms with Crippen LogP contribution in [0.5, 0.6) is 11.5 Å². The van der Waals surface area contributed by atoms with Gasteiger partial charge in [0.1, 0.15) is 11.4 Å². The van der Waals surface area contributed by atoms with Crippen LogP contribution in [0.15, 0.2) is 83.1 Å². The van der Waals surface area contributed by atoms with Crippen molar-refractivity contribution in [1.82, 2.24) is 4.98 Å². The molecule has 0 radical (unpaired) electrons. The molecule has 0 fully saturated rings. The highest BCUT2D eigenvalue weighted by Crippen LogP contribution is 2.12. The van der Waals surface area contributed by atoms with Crippen molar-refractivity contribution in [2.24, 2.45) is 10.3 Å². The zero-order chi connectivity index (χ0) is 17.5. The molecule has 1 heterocycles. The number of hydrogen-bond acceptors (Lipinski definition) is 4. The molecule has 5 heteroatoms. The van der Waals surface area contributed by atoms with Gasteiger partial charge in [-0.15, -0.1) is 0 Å². The third-order valence-electron chi connectivity index (χ3n) is 3.53. The lowest BCUT2D eigenvalue weighted by Gasteiger charge is -2.01. The van der Waals surface area contributed by atoms with E-state index in [1.54, 1.807) is 0 Å². The zero-order valence-electron chi connectivity index (χ0n) is 14.1. The second kappa shape index (κ2) is 7.97. The maximum absolute atomic E-state index is 5.41. The number of nitrogens with zero attached hydrogens (tertiary/aromatic N) is 2. The maximum Gasteiger partial charge on any atom is 0.157 e. The molecule has 3 aromatic rings. The Bertz CT molecular complexity index is 796. The predicted molar refractivity (Wildman–Crippen MR) is 99.4 cm³/mol. The van der Waals surface area contributed by atoms with Crippen molar-refractivity contribution in [3.63, 3.8) is 0 Å². The van der Waals surface area contributed by atoms with Gasteiger partial charge in [0.05, 0.1) is 11.4 Å². The number of para-hydroxylation sites is 2. The molecule has 0 aliphatic heterocycles. The summed E-state index contributed by atoms with van der Waals surface area (Å²) in [7, 11) is 0. The topological polar surface area (TPSA) is 59.0 Å². The molecule has 5 nitrogen and oxygen atoms in total. The summed E-state index contributed by atoms with van der Waals surface area (Å²) in [4.78, 5) is 14.1. The number of hydrogen-bond donors (Lipinski definition) is 1. The van der Waals surface area contributed by atoms with Gasteiger partial charge in [-0.3, -0.25) is 0 Å². The Kier molecular flexibility index (Phi) is 5.26. The first-order valence-electron chi connectivity index (χ1n) is 7.95. The van der Waals surface area contributed by atoms with Crippen LogP contribution in [0.3, 0.4) is 0 Å². The van der Waals surface area contributed by atoms with Gasteiger partial charge in [0.15, 0.2) is 11.5 Å². The van der Waals surface area contributed by atoms with Crippen LogP contribution in [-0.2, 0) is 0 Å². The molecule has 126 valence electrons. The highest BCUT2D eigenvalue weighted by Gasteiger charge is 2.06. The van der Waals surface area contributed by atoms with Gasteiger partial charge in [0.2, 0.25) is 0 Å². The Labute approximate surface area is 146 Å². The van der Waals surface area contributed by atoms with Crippen molar-refractivity contribution in [3.05, 3.63) is 84.2 Å². The summed E-state index contributed by atoms with van der Waals surface area (Å²) in [6.07, 6.45) is 0. The summed E-state index contributed by atoms with van der Waals surface area (Å²) >= 11 is 0. The van der Waals surface area contributed by atoms with E-state index < -0.39 is 0 Å². The smallest absolute Gasteiger partial charge is 0.157 e. The normalized spacial score (nSPS) is 12.1. The Hall–Kier alpha value is -3.34. The van der Waals surface area contributed by atoms with E-state index in [0.29, 0.717) is 11.5 Å². The second-order valence-corrected chi connectivity index (χ2v) is 5.45. The van der Waals surface area contributed by atoms with Gasteiger partial charge in [0.25, 0.3) is 0 Å². The summed E-state index contributed by atoms with van der Waals surface area (Å²) in [5.74, 6) is 1.39. The number of nitrogens with one attached hydrogen (secondary N) is 1. The van der Waals surface area contributed by atoms with Crippen LogP contribution in [0.2, 0.25) is 0 Å². The second-order valence-electron chi connectivity index (χ2n) is 5.45. The van der Waals surface area contributed by atoms with Crippen molar-refractivity contribution >= 4 is 11.4 Å². The van der Waals surface area contributed by atoms with E-state index in [2.05, 4.69) is 15.3 Å². The standard InChI is InChI=1S/C20H19N3O2/c1-15(22-24-17-9-5-3-6-10-17)19-13-14-20(21-19)16(2)23-25-18-11-7-4-8-12-18/h3-14,21H,1-2H3. The molecular formula is C20H19N3O2. The van der Waals surface area contributed by atoms with E-state index in [1.807, 2.05) is 86.6 Å². The third kappa shape index (κ3) is 4.57. The number of oxime groups is 2. The summed E-state index contributed by atoms with van der Waals surface area (Å²) in [5, 5.41) is 8.29. The molecule has 0 bridgehead atoms. The molecule has 0 unspecified atom stereocenters.